The van der Waals surface area contributed by atoms with Crippen LogP contribution in [0.3, 0.4) is 0 Å². The number of rotatable bonds is 3. The van der Waals surface area contributed by atoms with E-state index in [0.29, 0.717) is 19.4 Å². The molecule has 5 aliphatic rings. The van der Waals surface area contributed by atoms with Crippen LogP contribution in [0.2, 0.25) is 0 Å². The standard InChI is InChI=1S/C20H27N3O2S/c1-11-17(20-7-12-4-13(8-20)6-14(5-12)9-20)22-19(26-11)23-18(25)15-2-3-16(24)21-10-15/h12-15H,2-10H2,1H3,(H,21,24)(H,22,23,25). The van der Waals surface area contributed by atoms with E-state index in [-0.39, 0.29) is 23.1 Å². The lowest BCUT2D eigenvalue weighted by Gasteiger charge is -2.56. The summed E-state index contributed by atoms with van der Waals surface area (Å²) in [5.41, 5.74) is 1.55. The molecular formula is C20H27N3O2S. The zero-order valence-corrected chi connectivity index (χ0v) is 16.2. The molecule has 6 rings (SSSR count). The number of piperidine rings is 1. The van der Waals surface area contributed by atoms with Crippen LogP contribution >= 0.6 is 11.3 Å². The fourth-order valence-electron chi connectivity index (χ4n) is 6.51. The monoisotopic (exact) mass is 373 g/mol. The van der Waals surface area contributed by atoms with Crippen molar-refractivity contribution >= 4 is 28.3 Å². The van der Waals surface area contributed by atoms with Gasteiger partial charge in [0, 0.05) is 23.3 Å². The molecule has 1 saturated heterocycles. The highest BCUT2D eigenvalue weighted by Gasteiger charge is 2.53. The average Bonchev–Trinajstić information content (AvgIpc) is 2.95. The summed E-state index contributed by atoms with van der Waals surface area (Å²) >= 11 is 1.63. The highest BCUT2D eigenvalue weighted by Crippen LogP contribution is 2.61. The Hall–Kier alpha value is -1.43. The summed E-state index contributed by atoms with van der Waals surface area (Å²) in [6, 6.07) is 0. The van der Waals surface area contributed by atoms with Gasteiger partial charge in [-0.3, -0.25) is 9.59 Å². The number of aromatic nitrogens is 1. The molecule has 2 amide bonds. The first-order chi connectivity index (χ1) is 12.5. The molecule has 0 radical (unpaired) electrons. The third-order valence-corrected chi connectivity index (χ3v) is 8.09. The molecule has 6 heteroatoms. The van der Waals surface area contributed by atoms with Gasteiger partial charge in [0.2, 0.25) is 11.8 Å². The molecule has 5 nitrogen and oxygen atoms in total. The van der Waals surface area contributed by atoms with E-state index in [9.17, 15) is 9.59 Å². The van der Waals surface area contributed by atoms with Crippen LogP contribution in [0.15, 0.2) is 0 Å². The van der Waals surface area contributed by atoms with E-state index in [1.165, 1.54) is 49.1 Å². The van der Waals surface area contributed by atoms with Crippen molar-refractivity contribution < 1.29 is 9.59 Å². The van der Waals surface area contributed by atoms with Crippen molar-refractivity contribution in [3.05, 3.63) is 10.6 Å². The molecule has 0 aromatic carbocycles. The summed E-state index contributed by atoms with van der Waals surface area (Å²) in [6.07, 6.45) is 9.25. The van der Waals surface area contributed by atoms with E-state index in [1.54, 1.807) is 11.3 Å². The second-order valence-electron chi connectivity index (χ2n) is 9.15. The number of carbonyl (C=O) groups excluding carboxylic acids is 2. The van der Waals surface area contributed by atoms with Crippen molar-refractivity contribution in [2.75, 3.05) is 11.9 Å². The minimum atomic E-state index is -0.139. The molecule has 1 unspecified atom stereocenters. The van der Waals surface area contributed by atoms with E-state index >= 15 is 0 Å². The lowest BCUT2D eigenvalue weighted by Crippen LogP contribution is -2.49. The molecule has 1 atom stereocenters. The first kappa shape index (κ1) is 16.7. The van der Waals surface area contributed by atoms with Crippen molar-refractivity contribution in [3.63, 3.8) is 0 Å². The Bertz CT molecular complexity index is 711. The van der Waals surface area contributed by atoms with Gasteiger partial charge in [0.15, 0.2) is 5.13 Å². The predicted molar refractivity (Wildman–Crippen MR) is 101 cm³/mol. The second kappa shape index (κ2) is 6.04. The Labute approximate surface area is 158 Å². The SMILES string of the molecule is Cc1sc(NC(=O)C2CCC(=O)NC2)nc1C12CC3CC(CC(C3)C1)C2. The van der Waals surface area contributed by atoms with E-state index in [4.69, 9.17) is 4.98 Å². The van der Waals surface area contributed by atoms with Crippen LogP contribution in [0.4, 0.5) is 5.13 Å². The van der Waals surface area contributed by atoms with E-state index in [0.717, 1.165) is 22.9 Å². The van der Waals surface area contributed by atoms with Crippen LogP contribution in [-0.4, -0.2) is 23.3 Å². The van der Waals surface area contributed by atoms with Gasteiger partial charge in [-0.25, -0.2) is 4.98 Å². The summed E-state index contributed by atoms with van der Waals surface area (Å²) in [6.45, 7) is 2.61. The van der Waals surface area contributed by atoms with Crippen LogP contribution < -0.4 is 10.6 Å². The number of carbonyl (C=O) groups is 2. The van der Waals surface area contributed by atoms with Gasteiger partial charge >= 0.3 is 0 Å². The number of amides is 2. The van der Waals surface area contributed by atoms with Crippen LogP contribution in [0, 0.1) is 30.6 Å². The summed E-state index contributed by atoms with van der Waals surface area (Å²) in [7, 11) is 0. The quantitative estimate of drug-likeness (QED) is 0.853. The van der Waals surface area contributed by atoms with Crippen molar-refractivity contribution in [2.45, 2.75) is 63.7 Å². The Balaban J connectivity index is 1.34. The Kier molecular flexibility index (Phi) is 3.89. The molecular weight excluding hydrogens is 346 g/mol. The Morgan fingerprint density at radius 1 is 1.19 bits per heavy atom. The minimum Gasteiger partial charge on any atom is -0.355 e. The van der Waals surface area contributed by atoms with E-state index < -0.39 is 0 Å². The lowest BCUT2D eigenvalue weighted by atomic mass is 9.48. The fourth-order valence-corrected chi connectivity index (χ4v) is 7.44. The second-order valence-corrected chi connectivity index (χ2v) is 10.4. The van der Waals surface area contributed by atoms with Crippen LogP contribution in [-0.2, 0) is 15.0 Å². The van der Waals surface area contributed by atoms with Gasteiger partial charge in [0.25, 0.3) is 0 Å². The molecule has 26 heavy (non-hydrogen) atoms. The van der Waals surface area contributed by atoms with Crippen molar-refractivity contribution in [1.82, 2.24) is 10.3 Å². The maximum absolute atomic E-state index is 12.5. The summed E-state index contributed by atoms with van der Waals surface area (Å²) < 4.78 is 0. The largest absolute Gasteiger partial charge is 0.355 e. The molecule has 1 aliphatic heterocycles. The highest BCUT2D eigenvalue weighted by atomic mass is 32.1. The lowest BCUT2D eigenvalue weighted by molar-refractivity contribution is -0.126. The van der Waals surface area contributed by atoms with Crippen molar-refractivity contribution in [1.29, 1.82) is 0 Å². The summed E-state index contributed by atoms with van der Waals surface area (Å²) in [4.78, 5) is 30.1. The fraction of sp³-hybridized carbons (Fsp3) is 0.750. The number of thiazole rings is 1. The van der Waals surface area contributed by atoms with Gasteiger partial charge in [0.05, 0.1) is 11.6 Å². The number of aryl methyl sites for hydroxylation is 1. The zero-order chi connectivity index (χ0) is 17.9. The van der Waals surface area contributed by atoms with Gasteiger partial charge in [-0.2, -0.15) is 0 Å². The Morgan fingerprint density at radius 3 is 2.42 bits per heavy atom. The van der Waals surface area contributed by atoms with Crippen LogP contribution in [0.25, 0.3) is 0 Å². The van der Waals surface area contributed by atoms with Gasteiger partial charge in [-0.15, -0.1) is 11.3 Å². The van der Waals surface area contributed by atoms with Gasteiger partial charge < -0.3 is 10.6 Å². The first-order valence-corrected chi connectivity index (χ1v) is 10.9. The zero-order valence-electron chi connectivity index (χ0n) is 15.3. The maximum atomic E-state index is 12.5. The number of hydrogen-bond acceptors (Lipinski definition) is 4. The van der Waals surface area contributed by atoms with E-state index in [1.807, 2.05) is 0 Å². The third-order valence-electron chi connectivity index (χ3n) is 7.20. The maximum Gasteiger partial charge on any atom is 0.231 e. The predicted octanol–water partition coefficient (Wildman–Crippen LogP) is 3.38. The molecule has 140 valence electrons. The molecule has 1 aromatic rings. The number of nitrogens with zero attached hydrogens (tertiary/aromatic N) is 1. The van der Waals surface area contributed by atoms with Crippen LogP contribution in [0.5, 0.6) is 0 Å². The number of hydrogen-bond donors (Lipinski definition) is 2. The molecule has 1 aromatic heterocycles. The smallest absolute Gasteiger partial charge is 0.231 e. The van der Waals surface area contributed by atoms with Crippen molar-refractivity contribution in [2.24, 2.45) is 23.7 Å². The number of anilines is 1. The molecule has 4 aliphatic carbocycles. The topological polar surface area (TPSA) is 71.1 Å². The third kappa shape index (κ3) is 2.77. The summed E-state index contributed by atoms with van der Waals surface area (Å²) in [5, 5.41) is 6.57. The average molecular weight is 374 g/mol. The summed E-state index contributed by atoms with van der Waals surface area (Å²) in [5.74, 6) is 2.59. The molecule has 2 N–H and O–H groups in total. The van der Waals surface area contributed by atoms with Crippen molar-refractivity contribution in [3.8, 4) is 0 Å². The first-order valence-electron chi connectivity index (χ1n) is 10.1. The van der Waals surface area contributed by atoms with Gasteiger partial charge in [-0.1, -0.05) is 0 Å². The molecule has 5 fully saturated rings. The molecule has 4 saturated carbocycles. The normalized spacial score (nSPS) is 38.3. The minimum absolute atomic E-state index is 0.00388. The van der Waals surface area contributed by atoms with E-state index in [2.05, 4.69) is 17.6 Å². The molecule has 2 heterocycles. The Morgan fingerprint density at radius 2 is 1.85 bits per heavy atom. The molecule has 4 bridgehead atoms. The van der Waals surface area contributed by atoms with Crippen LogP contribution in [0.1, 0.15) is 61.9 Å². The van der Waals surface area contributed by atoms with Gasteiger partial charge in [0.1, 0.15) is 0 Å². The molecule has 0 spiro atoms. The number of nitrogens with one attached hydrogen (secondary N) is 2. The highest BCUT2D eigenvalue weighted by molar-refractivity contribution is 7.15. The van der Waals surface area contributed by atoms with Gasteiger partial charge in [-0.05, 0) is 69.6 Å².